The molecule has 2 unspecified atom stereocenters. The Morgan fingerprint density at radius 1 is 1.30 bits per heavy atom. The van der Waals surface area contributed by atoms with Gasteiger partial charge in [-0.1, -0.05) is 26.8 Å². The lowest BCUT2D eigenvalue weighted by molar-refractivity contribution is 0.0702. The average molecular weight is 274 g/mol. The number of amides is 1. The molecule has 1 aliphatic carbocycles. The molecule has 1 amide bonds. The van der Waals surface area contributed by atoms with E-state index in [9.17, 15) is 9.59 Å². The maximum absolute atomic E-state index is 12.7. The highest BCUT2D eigenvalue weighted by atomic mass is 16.2. The fourth-order valence-corrected chi connectivity index (χ4v) is 4.42. The lowest BCUT2D eigenvalue weighted by Gasteiger charge is -2.39. The summed E-state index contributed by atoms with van der Waals surface area (Å²) in [6.45, 7) is 7.66. The molecule has 0 spiro atoms. The number of nitrogens with zero attached hydrogens (tertiary/aromatic N) is 1. The van der Waals surface area contributed by atoms with Gasteiger partial charge in [0.05, 0.1) is 0 Å². The third-order valence-electron chi connectivity index (χ3n) is 4.67. The predicted molar refractivity (Wildman–Crippen MR) is 77.6 cm³/mol. The molecule has 1 aromatic rings. The first kappa shape index (κ1) is 13.4. The van der Waals surface area contributed by atoms with Crippen LogP contribution in [0.5, 0.6) is 0 Å². The fourth-order valence-electron chi connectivity index (χ4n) is 4.42. The van der Waals surface area contributed by atoms with E-state index >= 15 is 0 Å². The third kappa shape index (κ3) is 2.28. The summed E-state index contributed by atoms with van der Waals surface area (Å²) < 4.78 is 0. The molecule has 0 aromatic carbocycles. The molecule has 1 saturated carbocycles. The molecular weight excluding hydrogens is 252 g/mol. The standard InChI is InChI=1S/C16H22N2O2/c1-15(2)7-11-8-16(3,9-15)10-18(11)14(20)12-5-4-6-13(19)17-12/h4-6,11H,7-10H2,1-3H3,(H,17,19). The van der Waals surface area contributed by atoms with Crippen LogP contribution in [-0.4, -0.2) is 28.4 Å². The quantitative estimate of drug-likeness (QED) is 0.855. The van der Waals surface area contributed by atoms with E-state index in [1.165, 1.54) is 6.07 Å². The van der Waals surface area contributed by atoms with E-state index in [0.29, 0.717) is 11.7 Å². The highest BCUT2D eigenvalue weighted by molar-refractivity contribution is 5.92. The van der Waals surface area contributed by atoms with Crippen molar-refractivity contribution >= 4 is 5.91 Å². The maximum atomic E-state index is 12.7. The van der Waals surface area contributed by atoms with E-state index in [2.05, 4.69) is 25.8 Å². The Kier molecular flexibility index (Phi) is 2.82. The summed E-state index contributed by atoms with van der Waals surface area (Å²) in [6.07, 6.45) is 3.29. The first-order valence-corrected chi connectivity index (χ1v) is 7.28. The number of rotatable bonds is 1. The van der Waals surface area contributed by atoms with Crippen LogP contribution >= 0.6 is 0 Å². The van der Waals surface area contributed by atoms with Crippen LogP contribution in [0.25, 0.3) is 0 Å². The summed E-state index contributed by atoms with van der Waals surface area (Å²) in [6, 6.07) is 5.07. The predicted octanol–water partition coefficient (Wildman–Crippen LogP) is 2.42. The van der Waals surface area contributed by atoms with Crippen molar-refractivity contribution in [2.45, 2.75) is 46.1 Å². The van der Waals surface area contributed by atoms with Gasteiger partial charge in [0.2, 0.25) is 5.56 Å². The molecule has 1 N–H and O–H groups in total. The van der Waals surface area contributed by atoms with Crippen molar-refractivity contribution in [2.75, 3.05) is 6.54 Å². The van der Waals surface area contributed by atoms with Crippen LogP contribution in [0.15, 0.2) is 23.0 Å². The Morgan fingerprint density at radius 3 is 2.75 bits per heavy atom. The molecule has 1 aromatic heterocycles. The third-order valence-corrected chi connectivity index (χ3v) is 4.67. The molecule has 2 heterocycles. The SMILES string of the molecule is CC1(C)CC2CC(C)(CN2C(=O)c2cccc(=O)[nH]2)C1. The Hall–Kier alpha value is -1.58. The number of aromatic amines is 1. The van der Waals surface area contributed by atoms with Gasteiger partial charge in [-0.05, 0) is 36.2 Å². The van der Waals surface area contributed by atoms with Gasteiger partial charge >= 0.3 is 0 Å². The van der Waals surface area contributed by atoms with E-state index in [0.717, 1.165) is 25.8 Å². The molecule has 108 valence electrons. The normalized spacial score (nSPS) is 31.4. The number of H-pyrrole nitrogens is 1. The van der Waals surface area contributed by atoms with Crippen LogP contribution in [0.4, 0.5) is 0 Å². The van der Waals surface area contributed by atoms with Gasteiger partial charge in [0.25, 0.3) is 5.91 Å². The first-order valence-electron chi connectivity index (χ1n) is 7.28. The van der Waals surface area contributed by atoms with Gasteiger partial charge in [0.1, 0.15) is 5.69 Å². The average Bonchev–Trinajstić information content (AvgIpc) is 2.57. The molecule has 20 heavy (non-hydrogen) atoms. The Labute approximate surface area is 119 Å². The van der Waals surface area contributed by atoms with Crippen molar-refractivity contribution < 1.29 is 4.79 Å². The van der Waals surface area contributed by atoms with E-state index in [4.69, 9.17) is 0 Å². The number of likely N-dealkylation sites (tertiary alicyclic amines) is 1. The molecule has 3 rings (SSSR count). The number of pyridine rings is 1. The van der Waals surface area contributed by atoms with E-state index in [1.807, 2.05) is 4.90 Å². The van der Waals surface area contributed by atoms with Gasteiger partial charge < -0.3 is 9.88 Å². The minimum atomic E-state index is -0.218. The number of fused-ring (bicyclic) bond motifs is 2. The lowest BCUT2D eigenvalue weighted by atomic mass is 9.65. The van der Waals surface area contributed by atoms with E-state index in [-0.39, 0.29) is 22.3 Å². The molecule has 2 bridgehead atoms. The van der Waals surface area contributed by atoms with Crippen molar-refractivity contribution in [3.63, 3.8) is 0 Å². The summed E-state index contributed by atoms with van der Waals surface area (Å²) in [4.78, 5) is 28.7. The van der Waals surface area contributed by atoms with Crippen LogP contribution in [-0.2, 0) is 0 Å². The Bertz CT molecular complexity index is 604. The maximum Gasteiger partial charge on any atom is 0.270 e. The van der Waals surface area contributed by atoms with E-state index < -0.39 is 0 Å². The van der Waals surface area contributed by atoms with Crippen molar-refractivity contribution in [1.29, 1.82) is 0 Å². The van der Waals surface area contributed by atoms with Gasteiger partial charge in [-0.15, -0.1) is 0 Å². The highest BCUT2D eigenvalue weighted by Crippen LogP contribution is 2.52. The van der Waals surface area contributed by atoms with Crippen LogP contribution in [0, 0.1) is 10.8 Å². The molecule has 2 aliphatic rings. The number of carbonyl (C=O) groups excluding carboxylic acids is 1. The summed E-state index contributed by atoms with van der Waals surface area (Å²) in [7, 11) is 0. The van der Waals surface area contributed by atoms with Crippen molar-refractivity contribution in [3.8, 4) is 0 Å². The fraction of sp³-hybridized carbons (Fsp3) is 0.625. The molecule has 0 radical (unpaired) electrons. The minimum absolute atomic E-state index is 0.0332. The summed E-state index contributed by atoms with van der Waals surface area (Å²) in [5.74, 6) is -0.0332. The zero-order valence-electron chi connectivity index (χ0n) is 12.4. The lowest BCUT2D eigenvalue weighted by Crippen LogP contribution is -2.38. The van der Waals surface area contributed by atoms with E-state index in [1.54, 1.807) is 12.1 Å². The van der Waals surface area contributed by atoms with Crippen LogP contribution in [0.3, 0.4) is 0 Å². The van der Waals surface area contributed by atoms with Gasteiger partial charge in [-0.3, -0.25) is 9.59 Å². The Morgan fingerprint density at radius 2 is 2.05 bits per heavy atom. The second kappa shape index (κ2) is 4.21. The molecule has 1 aliphatic heterocycles. The second-order valence-electron chi connectivity index (χ2n) is 7.58. The van der Waals surface area contributed by atoms with Gasteiger partial charge in [-0.2, -0.15) is 0 Å². The smallest absolute Gasteiger partial charge is 0.270 e. The van der Waals surface area contributed by atoms with Gasteiger partial charge in [-0.25, -0.2) is 0 Å². The van der Waals surface area contributed by atoms with Gasteiger partial charge in [0, 0.05) is 18.7 Å². The number of hydrogen-bond acceptors (Lipinski definition) is 2. The topological polar surface area (TPSA) is 53.2 Å². The molecule has 4 nitrogen and oxygen atoms in total. The Balaban J connectivity index is 1.89. The molecule has 1 saturated heterocycles. The number of carbonyl (C=O) groups is 1. The number of nitrogens with one attached hydrogen (secondary N) is 1. The van der Waals surface area contributed by atoms with Crippen LogP contribution in [0.2, 0.25) is 0 Å². The number of aromatic nitrogens is 1. The monoisotopic (exact) mass is 274 g/mol. The van der Waals surface area contributed by atoms with Crippen LogP contribution < -0.4 is 5.56 Å². The largest absolute Gasteiger partial charge is 0.334 e. The summed E-state index contributed by atoms with van der Waals surface area (Å²) >= 11 is 0. The van der Waals surface area contributed by atoms with Crippen molar-refractivity contribution in [3.05, 3.63) is 34.2 Å². The molecule has 4 heteroatoms. The molecule has 2 atom stereocenters. The minimum Gasteiger partial charge on any atom is -0.334 e. The van der Waals surface area contributed by atoms with Crippen molar-refractivity contribution in [1.82, 2.24) is 9.88 Å². The highest BCUT2D eigenvalue weighted by Gasteiger charge is 2.51. The first-order chi connectivity index (χ1) is 9.28. The number of hydrogen-bond donors (Lipinski definition) is 1. The summed E-state index contributed by atoms with van der Waals surface area (Å²) in [5, 5.41) is 0. The molecule has 2 fully saturated rings. The molecular formula is C16H22N2O2. The summed E-state index contributed by atoms with van der Waals surface area (Å²) in [5.41, 5.74) is 0.699. The zero-order chi connectivity index (χ0) is 14.5. The van der Waals surface area contributed by atoms with Crippen molar-refractivity contribution in [2.24, 2.45) is 10.8 Å². The van der Waals surface area contributed by atoms with Gasteiger partial charge in [0.15, 0.2) is 0 Å². The zero-order valence-corrected chi connectivity index (χ0v) is 12.4. The van der Waals surface area contributed by atoms with Crippen LogP contribution in [0.1, 0.15) is 50.5 Å². The second-order valence-corrected chi connectivity index (χ2v) is 7.58.